The predicted octanol–water partition coefficient (Wildman–Crippen LogP) is 5.33. The van der Waals surface area contributed by atoms with E-state index in [1.807, 2.05) is 0 Å². The standard InChI is InChI=1S/C19H16Cl3N3O2S/c20-11-7-13(22)14(8-12(11)21)24-16(26)5-6-25-9-23-18-17(19(25)27)10-3-1-2-4-15(10)28-18/h7-9H,1-6H2,(H,24,26). The van der Waals surface area contributed by atoms with Crippen molar-refractivity contribution in [3.63, 3.8) is 0 Å². The van der Waals surface area contributed by atoms with Gasteiger partial charge in [-0.05, 0) is 43.4 Å². The summed E-state index contributed by atoms with van der Waals surface area (Å²) in [4.78, 5) is 31.7. The first kappa shape index (κ1) is 19.7. The fraction of sp³-hybridized carbons (Fsp3) is 0.316. The Hall–Kier alpha value is -1.60. The molecule has 1 aromatic carbocycles. The topological polar surface area (TPSA) is 64.0 Å². The molecule has 0 unspecified atom stereocenters. The van der Waals surface area contributed by atoms with Gasteiger partial charge in [0.15, 0.2) is 0 Å². The number of anilines is 1. The molecule has 0 fully saturated rings. The number of hydrogen-bond donors (Lipinski definition) is 1. The molecular weight excluding hydrogens is 441 g/mol. The smallest absolute Gasteiger partial charge is 0.262 e. The highest BCUT2D eigenvalue weighted by atomic mass is 35.5. The van der Waals surface area contributed by atoms with Gasteiger partial charge >= 0.3 is 0 Å². The van der Waals surface area contributed by atoms with Crippen LogP contribution in [0.25, 0.3) is 10.2 Å². The van der Waals surface area contributed by atoms with Crippen LogP contribution in [0.5, 0.6) is 0 Å². The van der Waals surface area contributed by atoms with Crippen LogP contribution in [-0.2, 0) is 24.2 Å². The van der Waals surface area contributed by atoms with Crippen molar-refractivity contribution in [1.82, 2.24) is 9.55 Å². The van der Waals surface area contributed by atoms with E-state index in [1.54, 1.807) is 11.3 Å². The molecule has 0 bridgehead atoms. The quantitative estimate of drug-likeness (QED) is 0.540. The molecule has 0 saturated heterocycles. The van der Waals surface area contributed by atoms with Gasteiger partial charge in [0.2, 0.25) is 5.91 Å². The van der Waals surface area contributed by atoms with Gasteiger partial charge < -0.3 is 5.32 Å². The number of hydrogen-bond acceptors (Lipinski definition) is 4. The third-order valence-electron chi connectivity index (χ3n) is 4.81. The van der Waals surface area contributed by atoms with E-state index in [0.29, 0.717) is 20.8 Å². The minimum atomic E-state index is -0.278. The minimum Gasteiger partial charge on any atom is -0.325 e. The van der Waals surface area contributed by atoms with E-state index in [1.165, 1.54) is 27.9 Å². The summed E-state index contributed by atoms with van der Waals surface area (Å²) in [6, 6.07) is 2.98. The Morgan fingerprint density at radius 1 is 1.14 bits per heavy atom. The first-order valence-electron chi connectivity index (χ1n) is 8.88. The number of benzene rings is 1. The molecule has 28 heavy (non-hydrogen) atoms. The van der Waals surface area contributed by atoms with E-state index in [-0.39, 0.29) is 24.4 Å². The Morgan fingerprint density at radius 2 is 1.89 bits per heavy atom. The number of halogens is 3. The summed E-state index contributed by atoms with van der Waals surface area (Å²) in [5, 5.41) is 4.33. The predicted molar refractivity (Wildman–Crippen MR) is 115 cm³/mol. The molecule has 2 aromatic heterocycles. The first-order valence-corrected chi connectivity index (χ1v) is 10.8. The average Bonchev–Trinajstić information content (AvgIpc) is 3.05. The van der Waals surface area contributed by atoms with Crippen LogP contribution < -0.4 is 10.9 Å². The Morgan fingerprint density at radius 3 is 2.71 bits per heavy atom. The highest BCUT2D eigenvalue weighted by molar-refractivity contribution is 7.18. The van der Waals surface area contributed by atoms with E-state index >= 15 is 0 Å². The number of carbonyl (C=O) groups is 1. The maximum Gasteiger partial charge on any atom is 0.262 e. The summed E-state index contributed by atoms with van der Waals surface area (Å²) in [5.41, 5.74) is 1.45. The number of aryl methyl sites for hydroxylation is 3. The summed E-state index contributed by atoms with van der Waals surface area (Å²) in [6.45, 7) is 0.233. The van der Waals surface area contributed by atoms with Crippen LogP contribution in [0, 0.1) is 0 Å². The third kappa shape index (κ3) is 3.79. The highest BCUT2D eigenvalue weighted by Gasteiger charge is 2.20. The number of rotatable bonds is 4. The molecule has 1 N–H and O–H groups in total. The largest absolute Gasteiger partial charge is 0.325 e. The molecule has 0 saturated carbocycles. The lowest BCUT2D eigenvalue weighted by Gasteiger charge is -2.11. The van der Waals surface area contributed by atoms with Crippen LogP contribution in [0.2, 0.25) is 15.1 Å². The lowest BCUT2D eigenvalue weighted by Crippen LogP contribution is -2.24. The third-order valence-corrected chi connectivity index (χ3v) is 7.04. The monoisotopic (exact) mass is 455 g/mol. The zero-order valence-corrected chi connectivity index (χ0v) is 17.8. The van der Waals surface area contributed by atoms with E-state index in [2.05, 4.69) is 10.3 Å². The fourth-order valence-electron chi connectivity index (χ4n) is 3.39. The summed E-state index contributed by atoms with van der Waals surface area (Å²) < 4.78 is 1.50. The second-order valence-corrected chi connectivity index (χ2v) is 8.98. The van der Waals surface area contributed by atoms with Gasteiger partial charge in [-0.15, -0.1) is 11.3 Å². The Labute approximate surface area is 180 Å². The van der Waals surface area contributed by atoms with Crippen molar-refractivity contribution in [3.05, 3.63) is 54.3 Å². The Balaban J connectivity index is 1.51. The second-order valence-electron chi connectivity index (χ2n) is 6.68. The van der Waals surface area contributed by atoms with Gasteiger partial charge in [0, 0.05) is 17.8 Å². The van der Waals surface area contributed by atoms with E-state index in [4.69, 9.17) is 34.8 Å². The highest BCUT2D eigenvalue weighted by Crippen LogP contribution is 2.34. The molecule has 0 radical (unpaired) electrons. The van der Waals surface area contributed by atoms with Crippen molar-refractivity contribution in [2.24, 2.45) is 0 Å². The lowest BCUT2D eigenvalue weighted by molar-refractivity contribution is -0.116. The van der Waals surface area contributed by atoms with Crippen LogP contribution in [0.4, 0.5) is 5.69 Å². The van der Waals surface area contributed by atoms with Gasteiger partial charge in [0.1, 0.15) is 4.83 Å². The molecule has 1 aliphatic rings. The van der Waals surface area contributed by atoms with Gasteiger partial charge in [0.25, 0.3) is 5.56 Å². The summed E-state index contributed by atoms with van der Waals surface area (Å²) in [7, 11) is 0. The van der Waals surface area contributed by atoms with E-state index < -0.39 is 0 Å². The summed E-state index contributed by atoms with van der Waals surface area (Å²) in [5.74, 6) is -0.278. The maximum atomic E-state index is 12.9. The van der Waals surface area contributed by atoms with Gasteiger partial charge in [-0.3, -0.25) is 14.2 Å². The molecule has 4 rings (SSSR count). The molecular formula is C19H16Cl3N3O2S. The molecule has 2 heterocycles. The van der Waals surface area contributed by atoms with Crippen LogP contribution in [-0.4, -0.2) is 15.5 Å². The first-order chi connectivity index (χ1) is 13.4. The van der Waals surface area contributed by atoms with E-state index in [0.717, 1.165) is 41.5 Å². The number of carbonyl (C=O) groups excluding carboxylic acids is 1. The van der Waals surface area contributed by atoms with Gasteiger partial charge in [0.05, 0.1) is 32.5 Å². The van der Waals surface area contributed by atoms with Gasteiger partial charge in [-0.25, -0.2) is 4.98 Å². The van der Waals surface area contributed by atoms with Crippen LogP contribution in [0.3, 0.4) is 0 Å². The fourth-order valence-corrected chi connectivity index (χ4v) is 5.21. The van der Waals surface area contributed by atoms with Crippen molar-refractivity contribution < 1.29 is 4.79 Å². The maximum absolute atomic E-state index is 12.9. The average molecular weight is 457 g/mol. The Bertz CT molecular complexity index is 1140. The molecule has 1 aliphatic carbocycles. The van der Waals surface area contributed by atoms with Crippen molar-refractivity contribution in [2.75, 3.05) is 5.32 Å². The minimum absolute atomic E-state index is 0.0789. The summed E-state index contributed by atoms with van der Waals surface area (Å²) >= 11 is 19.6. The second kappa shape index (κ2) is 8.03. The number of amides is 1. The van der Waals surface area contributed by atoms with Crippen molar-refractivity contribution >= 4 is 68.0 Å². The number of fused-ring (bicyclic) bond motifs is 3. The SMILES string of the molecule is O=C(CCn1cnc2sc3c(c2c1=O)CCCC3)Nc1cc(Cl)c(Cl)cc1Cl. The zero-order valence-electron chi connectivity index (χ0n) is 14.7. The van der Waals surface area contributed by atoms with E-state index in [9.17, 15) is 9.59 Å². The van der Waals surface area contributed by atoms with Crippen molar-refractivity contribution in [3.8, 4) is 0 Å². The number of nitrogens with one attached hydrogen (secondary N) is 1. The number of nitrogens with zero attached hydrogens (tertiary/aromatic N) is 2. The number of aromatic nitrogens is 2. The van der Waals surface area contributed by atoms with Crippen LogP contribution in [0.1, 0.15) is 29.7 Å². The molecule has 9 heteroatoms. The normalized spacial score (nSPS) is 13.5. The van der Waals surface area contributed by atoms with Gasteiger partial charge in [-0.1, -0.05) is 34.8 Å². The van der Waals surface area contributed by atoms with Crippen molar-refractivity contribution in [2.45, 2.75) is 38.6 Å². The molecule has 3 aromatic rings. The zero-order chi connectivity index (χ0) is 19.8. The van der Waals surface area contributed by atoms with Crippen molar-refractivity contribution in [1.29, 1.82) is 0 Å². The molecule has 1 amide bonds. The molecule has 0 spiro atoms. The molecule has 5 nitrogen and oxygen atoms in total. The lowest BCUT2D eigenvalue weighted by atomic mass is 9.97. The molecule has 0 aliphatic heterocycles. The summed E-state index contributed by atoms with van der Waals surface area (Å²) in [6.07, 6.45) is 5.82. The van der Waals surface area contributed by atoms with Crippen LogP contribution >= 0.6 is 46.1 Å². The Kier molecular flexibility index (Phi) is 5.65. The molecule has 0 atom stereocenters. The molecule has 146 valence electrons. The number of thiophene rings is 1. The van der Waals surface area contributed by atoms with Crippen LogP contribution in [0.15, 0.2) is 23.3 Å². The van der Waals surface area contributed by atoms with Gasteiger partial charge in [-0.2, -0.15) is 0 Å².